The second-order valence-electron chi connectivity index (χ2n) is 3.03. The Balaban J connectivity index is 2.83. The van der Waals surface area contributed by atoms with Crippen LogP contribution in [-0.4, -0.2) is 23.2 Å². The Morgan fingerprint density at radius 1 is 1.57 bits per heavy atom. The number of aromatic hydroxyl groups is 1. The van der Waals surface area contributed by atoms with Crippen LogP contribution in [0.2, 0.25) is 0 Å². The topological polar surface area (TPSA) is 69.6 Å². The van der Waals surface area contributed by atoms with E-state index in [9.17, 15) is 9.90 Å². The van der Waals surface area contributed by atoms with Crippen LogP contribution in [0, 0.1) is 0 Å². The van der Waals surface area contributed by atoms with Gasteiger partial charge in [0.15, 0.2) is 0 Å². The van der Waals surface area contributed by atoms with Crippen molar-refractivity contribution in [2.45, 2.75) is 12.5 Å². The monoisotopic (exact) mass is 195 g/mol. The fourth-order valence-electron chi connectivity index (χ4n) is 1.30. The van der Waals surface area contributed by atoms with Gasteiger partial charge in [0.2, 0.25) is 0 Å². The third kappa shape index (κ3) is 2.74. The zero-order valence-electron chi connectivity index (χ0n) is 7.90. The van der Waals surface area contributed by atoms with Crippen LogP contribution in [0.1, 0.15) is 18.0 Å². The molecule has 4 nitrogen and oxygen atoms in total. The highest BCUT2D eigenvalue weighted by atomic mass is 16.4. The molecule has 0 radical (unpaired) electrons. The highest BCUT2D eigenvalue weighted by molar-refractivity contribution is 5.68. The summed E-state index contributed by atoms with van der Waals surface area (Å²) < 4.78 is 0. The molecule has 0 saturated carbocycles. The zero-order chi connectivity index (χ0) is 10.6. The predicted molar refractivity (Wildman–Crippen MR) is 52.2 cm³/mol. The molecule has 76 valence electrons. The highest BCUT2D eigenvalue weighted by Crippen LogP contribution is 2.20. The summed E-state index contributed by atoms with van der Waals surface area (Å²) in [5.74, 6) is -0.721. The first-order valence-electron chi connectivity index (χ1n) is 4.31. The number of carboxylic acids is 1. The first-order valence-corrected chi connectivity index (χ1v) is 4.31. The fraction of sp³-hybridized carbons (Fsp3) is 0.300. The maximum absolute atomic E-state index is 10.5. The summed E-state index contributed by atoms with van der Waals surface area (Å²) in [5.41, 5.74) is 0.773. The number of benzene rings is 1. The molecule has 14 heavy (non-hydrogen) atoms. The van der Waals surface area contributed by atoms with Gasteiger partial charge >= 0.3 is 5.97 Å². The maximum Gasteiger partial charge on any atom is 0.305 e. The maximum atomic E-state index is 10.5. The van der Waals surface area contributed by atoms with E-state index in [4.69, 9.17) is 5.11 Å². The number of carboxylic acid groups (broad SMARTS) is 1. The molecule has 0 amide bonds. The first kappa shape index (κ1) is 10.5. The minimum Gasteiger partial charge on any atom is -0.508 e. The van der Waals surface area contributed by atoms with Crippen LogP contribution in [-0.2, 0) is 4.79 Å². The molecular weight excluding hydrogens is 182 g/mol. The number of phenols is 1. The minimum atomic E-state index is -0.868. The zero-order valence-corrected chi connectivity index (χ0v) is 7.90. The van der Waals surface area contributed by atoms with Gasteiger partial charge in [0.25, 0.3) is 0 Å². The van der Waals surface area contributed by atoms with Gasteiger partial charge in [-0.3, -0.25) is 4.79 Å². The van der Waals surface area contributed by atoms with Crippen LogP contribution >= 0.6 is 0 Å². The summed E-state index contributed by atoms with van der Waals surface area (Å²) in [6.45, 7) is 0. The SMILES string of the molecule is CNC(CC(=O)O)c1cccc(O)c1. The van der Waals surface area contributed by atoms with Crippen molar-refractivity contribution in [2.24, 2.45) is 0 Å². The van der Waals surface area contributed by atoms with E-state index in [-0.39, 0.29) is 18.2 Å². The van der Waals surface area contributed by atoms with Crippen molar-refractivity contribution >= 4 is 5.97 Å². The van der Waals surface area contributed by atoms with Gasteiger partial charge in [0, 0.05) is 6.04 Å². The molecule has 0 aliphatic rings. The third-order valence-corrected chi connectivity index (χ3v) is 2.00. The highest BCUT2D eigenvalue weighted by Gasteiger charge is 2.13. The van der Waals surface area contributed by atoms with E-state index in [0.717, 1.165) is 5.56 Å². The van der Waals surface area contributed by atoms with Gasteiger partial charge in [-0.2, -0.15) is 0 Å². The van der Waals surface area contributed by atoms with E-state index in [0.29, 0.717) is 0 Å². The molecular formula is C10H13NO3. The van der Waals surface area contributed by atoms with Gasteiger partial charge in [-0.05, 0) is 24.7 Å². The first-order chi connectivity index (χ1) is 6.63. The van der Waals surface area contributed by atoms with E-state index >= 15 is 0 Å². The van der Waals surface area contributed by atoms with Gasteiger partial charge in [-0.1, -0.05) is 12.1 Å². The van der Waals surface area contributed by atoms with E-state index in [1.807, 2.05) is 0 Å². The summed E-state index contributed by atoms with van der Waals surface area (Å²) >= 11 is 0. The Hall–Kier alpha value is -1.55. The minimum absolute atomic E-state index is 0.0000463. The Kier molecular flexibility index (Phi) is 3.48. The molecule has 0 aliphatic heterocycles. The molecule has 0 fully saturated rings. The Morgan fingerprint density at radius 3 is 2.79 bits per heavy atom. The van der Waals surface area contributed by atoms with Crippen LogP contribution < -0.4 is 5.32 Å². The number of hydrogen-bond donors (Lipinski definition) is 3. The number of phenolic OH excluding ortho intramolecular Hbond substituents is 1. The van der Waals surface area contributed by atoms with Crippen molar-refractivity contribution in [3.63, 3.8) is 0 Å². The van der Waals surface area contributed by atoms with Gasteiger partial charge in [0.1, 0.15) is 5.75 Å². The molecule has 0 saturated heterocycles. The van der Waals surface area contributed by atoms with Crippen LogP contribution in [0.4, 0.5) is 0 Å². The molecule has 0 aliphatic carbocycles. The number of nitrogens with one attached hydrogen (secondary N) is 1. The molecule has 1 unspecified atom stereocenters. The van der Waals surface area contributed by atoms with Crippen molar-refractivity contribution in [2.75, 3.05) is 7.05 Å². The summed E-state index contributed by atoms with van der Waals surface area (Å²) in [4.78, 5) is 10.5. The van der Waals surface area contributed by atoms with Crippen molar-refractivity contribution in [1.29, 1.82) is 0 Å². The molecule has 3 N–H and O–H groups in total. The molecule has 1 aromatic carbocycles. The fourth-order valence-corrected chi connectivity index (χ4v) is 1.30. The second-order valence-corrected chi connectivity index (χ2v) is 3.03. The molecule has 0 aromatic heterocycles. The predicted octanol–water partition coefficient (Wildman–Crippen LogP) is 1.13. The number of hydrogen-bond acceptors (Lipinski definition) is 3. The summed E-state index contributed by atoms with van der Waals surface area (Å²) in [6.07, 6.45) is -0.0000463. The van der Waals surface area contributed by atoms with Crippen molar-refractivity contribution in [3.8, 4) is 5.75 Å². The summed E-state index contributed by atoms with van der Waals surface area (Å²) in [6, 6.07) is 6.32. The van der Waals surface area contributed by atoms with Crippen LogP contribution in [0.5, 0.6) is 5.75 Å². The Morgan fingerprint density at radius 2 is 2.29 bits per heavy atom. The lowest BCUT2D eigenvalue weighted by atomic mass is 10.0. The standard InChI is InChI=1S/C10H13NO3/c1-11-9(6-10(13)14)7-3-2-4-8(12)5-7/h2-5,9,11-12H,6H2,1H3,(H,13,14). The largest absolute Gasteiger partial charge is 0.508 e. The van der Waals surface area contributed by atoms with E-state index in [1.54, 1.807) is 31.3 Å². The van der Waals surface area contributed by atoms with Gasteiger partial charge < -0.3 is 15.5 Å². The molecule has 0 bridgehead atoms. The van der Waals surface area contributed by atoms with Crippen molar-refractivity contribution < 1.29 is 15.0 Å². The lowest BCUT2D eigenvalue weighted by Gasteiger charge is -2.14. The van der Waals surface area contributed by atoms with E-state index < -0.39 is 5.97 Å². The molecule has 0 heterocycles. The number of aliphatic carboxylic acids is 1. The van der Waals surface area contributed by atoms with E-state index in [2.05, 4.69) is 5.32 Å². The van der Waals surface area contributed by atoms with Gasteiger partial charge in [-0.15, -0.1) is 0 Å². The van der Waals surface area contributed by atoms with Crippen LogP contribution in [0.3, 0.4) is 0 Å². The van der Waals surface area contributed by atoms with Gasteiger partial charge in [0.05, 0.1) is 6.42 Å². The Bertz CT molecular complexity index is 325. The van der Waals surface area contributed by atoms with Crippen LogP contribution in [0.15, 0.2) is 24.3 Å². The molecule has 1 aromatic rings. The Labute approximate surface area is 82.2 Å². The quantitative estimate of drug-likeness (QED) is 0.673. The lowest BCUT2D eigenvalue weighted by Crippen LogP contribution is -2.19. The third-order valence-electron chi connectivity index (χ3n) is 2.00. The molecule has 1 atom stereocenters. The lowest BCUT2D eigenvalue weighted by molar-refractivity contribution is -0.137. The smallest absolute Gasteiger partial charge is 0.305 e. The molecule has 0 spiro atoms. The summed E-state index contributed by atoms with van der Waals surface area (Å²) in [5, 5.41) is 20.7. The van der Waals surface area contributed by atoms with Crippen molar-refractivity contribution in [1.82, 2.24) is 5.32 Å². The van der Waals surface area contributed by atoms with Crippen molar-refractivity contribution in [3.05, 3.63) is 29.8 Å². The normalized spacial score (nSPS) is 12.4. The number of rotatable bonds is 4. The van der Waals surface area contributed by atoms with Gasteiger partial charge in [-0.25, -0.2) is 0 Å². The average molecular weight is 195 g/mol. The second kappa shape index (κ2) is 4.62. The molecule has 4 heteroatoms. The molecule has 1 rings (SSSR count). The van der Waals surface area contributed by atoms with Crippen LogP contribution in [0.25, 0.3) is 0 Å². The number of carbonyl (C=O) groups is 1. The summed E-state index contributed by atoms with van der Waals surface area (Å²) in [7, 11) is 1.69. The van der Waals surface area contributed by atoms with E-state index in [1.165, 1.54) is 0 Å². The average Bonchev–Trinajstić information content (AvgIpc) is 2.14.